The van der Waals surface area contributed by atoms with E-state index in [-0.39, 0.29) is 42.2 Å². The monoisotopic (exact) mass is 499 g/mol. The number of hydrogen-bond donors (Lipinski definition) is 1. The van der Waals surface area contributed by atoms with Gasteiger partial charge in [-0.25, -0.2) is 8.42 Å². The number of rotatable bonds is 6. The molecule has 2 heterocycles. The number of hydrogen-bond acceptors (Lipinski definition) is 6. The van der Waals surface area contributed by atoms with Crippen molar-refractivity contribution in [1.82, 2.24) is 14.2 Å². The normalized spacial score (nSPS) is 22.8. The van der Waals surface area contributed by atoms with Gasteiger partial charge >= 0.3 is 0 Å². The minimum absolute atomic E-state index is 0.0817. The van der Waals surface area contributed by atoms with Gasteiger partial charge in [0.2, 0.25) is 10.0 Å². The summed E-state index contributed by atoms with van der Waals surface area (Å²) in [6.07, 6.45) is 7.89. The minimum Gasteiger partial charge on any atom is -0.487 e. The fourth-order valence-electron chi connectivity index (χ4n) is 4.64. The number of pyridine rings is 1. The molecule has 35 heavy (non-hydrogen) atoms. The number of aromatic nitrogens is 1. The first kappa shape index (κ1) is 25.3. The lowest BCUT2D eigenvalue weighted by molar-refractivity contribution is 0.0563. The van der Waals surface area contributed by atoms with Crippen LogP contribution in [0.15, 0.2) is 53.7 Å². The molecule has 0 fully saturated rings. The summed E-state index contributed by atoms with van der Waals surface area (Å²) >= 11 is 0. The molecule has 0 spiro atoms. The number of sulfonamides is 1. The summed E-state index contributed by atoms with van der Waals surface area (Å²) in [6, 6.07) is 8.07. The number of carbonyl (C=O) groups is 1. The SMILES string of the molecule is C[C@H]1CN([C@@H](C)CO)S(=O)(=O)c2ccc(C3=CCCC3)cc2O[C@@H]1CN(C)C(=O)c1cccnc1. The Hall–Kier alpha value is -2.75. The Labute approximate surface area is 207 Å². The molecule has 1 aromatic heterocycles. The topological polar surface area (TPSA) is 100 Å². The number of amides is 1. The molecule has 9 heteroatoms. The zero-order valence-corrected chi connectivity index (χ0v) is 21.2. The molecule has 0 bridgehead atoms. The zero-order valence-electron chi connectivity index (χ0n) is 20.4. The van der Waals surface area contributed by atoms with Gasteiger partial charge in [-0.1, -0.05) is 19.1 Å². The number of likely N-dealkylation sites (N-methyl/N-ethyl adjacent to an activating group) is 1. The maximum Gasteiger partial charge on any atom is 0.255 e. The lowest BCUT2D eigenvalue weighted by Gasteiger charge is -2.37. The third kappa shape index (κ3) is 5.27. The van der Waals surface area contributed by atoms with Crippen LogP contribution in [0.1, 0.15) is 49.0 Å². The van der Waals surface area contributed by atoms with Crippen LogP contribution < -0.4 is 4.74 Å². The molecule has 0 unspecified atom stereocenters. The molecular weight excluding hydrogens is 466 g/mol. The van der Waals surface area contributed by atoms with Crippen LogP contribution in [0.2, 0.25) is 0 Å². The van der Waals surface area contributed by atoms with Crippen LogP contribution in [0.4, 0.5) is 0 Å². The van der Waals surface area contributed by atoms with Crippen molar-refractivity contribution in [3.05, 3.63) is 59.9 Å². The smallest absolute Gasteiger partial charge is 0.255 e. The predicted octanol–water partition coefficient (Wildman–Crippen LogP) is 3.19. The van der Waals surface area contributed by atoms with Crippen molar-refractivity contribution in [2.75, 3.05) is 26.7 Å². The average Bonchev–Trinajstić information content (AvgIpc) is 3.40. The molecule has 1 aromatic carbocycles. The van der Waals surface area contributed by atoms with Crippen molar-refractivity contribution >= 4 is 21.5 Å². The largest absolute Gasteiger partial charge is 0.487 e. The average molecular weight is 500 g/mol. The first-order valence-corrected chi connectivity index (χ1v) is 13.4. The highest BCUT2D eigenvalue weighted by atomic mass is 32.2. The van der Waals surface area contributed by atoms with E-state index in [9.17, 15) is 18.3 Å². The van der Waals surface area contributed by atoms with Gasteiger partial charge in [0.25, 0.3) is 5.91 Å². The van der Waals surface area contributed by atoms with Crippen molar-refractivity contribution in [3.8, 4) is 5.75 Å². The molecule has 8 nitrogen and oxygen atoms in total. The molecule has 2 aromatic rings. The molecule has 1 amide bonds. The Morgan fingerprint density at radius 3 is 2.80 bits per heavy atom. The third-order valence-electron chi connectivity index (χ3n) is 6.79. The second kappa shape index (κ2) is 10.5. The summed E-state index contributed by atoms with van der Waals surface area (Å²) in [5.74, 6) is -0.149. The number of carbonyl (C=O) groups excluding carboxylic acids is 1. The Balaban J connectivity index is 1.72. The lowest BCUT2D eigenvalue weighted by Crippen LogP contribution is -2.50. The first-order chi connectivity index (χ1) is 16.7. The molecule has 3 atom stereocenters. The molecular formula is C26H33N3O5S. The Bertz CT molecular complexity index is 1200. The van der Waals surface area contributed by atoms with Crippen LogP contribution in [-0.4, -0.2) is 72.5 Å². The van der Waals surface area contributed by atoms with E-state index in [1.54, 1.807) is 49.3 Å². The summed E-state index contributed by atoms with van der Waals surface area (Å²) in [7, 11) is -2.19. The molecule has 2 aliphatic rings. The van der Waals surface area contributed by atoms with Gasteiger partial charge in [-0.3, -0.25) is 9.78 Å². The zero-order chi connectivity index (χ0) is 25.2. The number of allylic oxidation sites excluding steroid dienone is 2. The Morgan fingerprint density at radius 1 is 1.34 bits per heavy atom. The van der Waals surface area contributed by atoms with Crippen LogP contribution in [0.5, 0.6) is 5.75 Å². The summed E-state index contributed by atoms with van der Waals surface area (Å²) < 4.78 is 35.0. The van der Waals surface area contributed by atoms with Crippen molar-refractivity contribution in [3.63, 3.8) is 0 Å². The number of nitrogens with zero attached hydrogens (tertiary/aromatic N) is 3. The van der Waals surface area contributed by atoms with E-state index in [2.05, 4.69) is 11.1 Å². The van der Waals surface area contributed by atoms with Crippen LogP contribution in [0.25, 0.3) is 5.57 Å². The van der Waals surface area contributed by atoms with E-state index < -0.39 is 22.2 Å². The molecule has 1 aliphatic heterocycles. The highest BCUT2D eigenvalue weighted by Gasteiger charge is 2.38. The van der Waals surface area contributed by atoms with Gasteiger partial charge < -0.3 is 14.7 Å². The van der Waals surface area contributed by atoms with Crippen molar-refractivity contribution in [1.29, 1.82) is 0 Å². The van der Waals surface area contributed by atoms with Gasteiger partial charge in [0.1, 0.15) is 16.7 Å². The Kier molecular flexibility index (Phi) is 7.59. The number of benzene rings is 1. The van der Waals surface area contributed by atoms with E-state index in [4.69, 9.17) is 4.74 Å². The molecule has 0 radical (unpaired) electrons. The lowest BCUT2D eigenvalue weighted by atomic mass is 10.0. The van der Waals surface area contributed by atoms with Gasteiger partial charge in [-0.15, -0.1) is 0 Å². The number of aliphatic hydroxyl groups excluding tert-OH is 1. The second-order valence-electron chi connectivity index (χ2n) is 9.45. The molecule has 1 N–H and O–H groups in total. The van der Waals surface area contributed by atoms with Crippen molar-refractivity contribution in [2.45, 2.75) is 50.2 Å². The minimum atomic E-state index is -3.90. The van der Waals surface area contributed by atoms with Gasteiger partial charge in [0, 0.05) is 37.9 Å². The summed E-state index contributed by atoms with van der Waals surface area (Å²) in [5.41, 5.74) is 2.61. The van der Waals surface area contributed by atoms with E-state index in [0.717, 1.165) is 24.8 Å². The van der Waals surface area contributed by atoms with E-state index >= 15 is 0 Å². The van der Waals surface area contributed by atoms with E-state index in [1.165, 1.54) is 16.1 Å². The van der Waals surface area contributed by atoms with E-state index in [0.29, 0.717) is 5.56 Å². The van der Waals surface area contributed by atoms with Crippen LogP contribution in [0, 0.1) is 5.92 Å². The predicted molar refractivity (Wildman–Crippen MR) is 133 cm³/mol. The Morgan fingerprint density at radius 2 is 2.14 bits per heavy atom. The molecule has 4 rings (SSSR count). The van der Waals surface area contributed by atoms with Crippen molar-refractivity contribution < 1.29 is 23.1 Å². The number of aliphatic hydroxyl groups is 1. The summed E-state index contributed by atoms with van der Waals surface area (Å²) in [5, 5.41) is 9.81. The maximum absolute atomic E-state index is 13.6. The first-order valence-electron chi connectivity index (χ1n) is 12.0. The maximum atomic E-state index is 13.6. The molecule has 1 aliphatic carbocycles. The third-order valence-corrected chi connectivity index (χ3v) is 8.81. The standard InChI is InChI=1S/C26H33N3O5S/c1-18-15-29(19(2)17-30)35(32,33)25-11-10-21(20-7-4-5-8-20)13-23(25)34-24(18)16-28(3)26(31)22-9-6-12-27-14-22/h6-7,9-14,18-19,24,30H,4-5,8,15-17H2,1-3H3/t18-,19-,24+/m0/s1. The van der Waals surface area contributed by atoms with Gasteiger partial charge in [-0.05, 0) is 61.6 Å². The van der Waals surface area contributed by atoms with Crippen LogP contribution in [0.3, 0.4) is 0 Å². The van der Waals surface area contributed by atoms with Crippen LogP contribution in [-0.2, 0) is 10.0 Å². The highest BCUT2D eigenvalue weighted by molar-refractivity contribution is 7.89. The summed E-state index contributed by atoms with van der Waals surface area (Å²) in [4.78, 5) is 18.6. The number of fused-ring (bicyclic) bond motifs is 1. The fraction of sp³-hybridized carbons (Fsp3) is 0.462. The van der Waals surface area contributed by atoms with Gasteiger partial charge in [0.15, 0.2) is 0 Å². The molecule has 188 valence electrons. The molecule has 0 saturated heterocycles. The number of ether oxygens (including phenoxy) is 1. The van der Waals surface area contributed by atoms with Crippen molar-refractivity contribution in [2.24, 2.45) is 5.92 Å². The molecule has 0 saturated carbocycles. The second-order valence-corrected chi connectivity index (χ2v) is 11.3. The fourth-order valence-corrected chi connectivity index (χ4v) is 6.46. The van der Waals surface area contributed by atoms with E-state index in [1.807, 2.05) is 13.0 Å². The van der Waals surface area contributed by atoms with Crippen LogP contribution >= 0.6 is 0 Å². The quantitative estimate of drug-likeness (QED) is 0.655. The summed E-state index contributed by atoms with van der Waals surface area (Å²) in [6.45, 7) is 3.74. The highest BCUT2D eigenvalue weighted by Crippen LogP contribution is 2.37. The van der Waals surface area contributed by atoms with Gasteiger partial charge in [-0.2, -0.15) is 4.31 Å². The van der Waals surface area contributed by atoms with Gasteiger partial charge in [0.05, 0.1) is 18.7 Å².